The van der Waals surface area contributed by atoms with E-state index < -0.39 is 0 Å². The van der Waals surface area contributed by atoms with Gasteiger partial charge in [0.1, 0.15) is 5.69 Å². The zero-order valence-corrected chi connectivity index (χ0v) is 9.42. The third kappa shape index (κ3) is 2.15. The Morgan fingerprint density at radius 3 is 2.87 bits per heavy atom. The Balaban J connectivity index is 2.37. The Hall–Kier alpha value is -1.42. The molecular formula is C11H13N3S. The number of hydrogen-bond acceptors (Lipinski definition) is 4. The first kappa shape index (κ1) is 10.1. The van der Waals surface area contributed by atoms with Crippen LogP contribution in [0.1, 0.15) is 18.9 Å². The van der Waals surface area contributed by atoms with E-state index in [9.17, 15) is 0 Å². The quantitative estimate of drug-likeness (QED) is 0.863. The maximum absolute atomic E-state index is 5.73. The van der Waals surface area contributed by atoms with Crippen LogP contribution in [0.4, 0.5) is 5.82 Å². The van der Waals surface area contributed by atoms with Gasteiger partial charge in [-0.2, -0.15) is 8.75 Å². The van der Waals surface area contributed by atoms with Crippen LogP contribution in [0.5, 0.6) is 0 Å². The van der Waals surface area contributed by atoms with E-state index in [0.717, 1.165) is 35.8 Å². The maximum Gasteiger partial charge on any atom is 0.165 e. The molecule has 0 fully saturated rings. The molecule has 0 aliphatic rings. The van der Waals surface area contributed by atoms with Gasteiger partial charge >= 0.3 is 0 Å². The monoisotopic (exact) mass is 219 g/mol. The fourth-order valence-electron chi connectivity index (χ4n) is 1.56. The summed E-state index contributed by atoms with van der Waals surface area (Å²) in [6.45, 7) is 2.17. The van der Waals surface area contributed by atoms with E-state index in [2.05, 4.69) is 27.8 Å². The summed E-state index contributed by atoms with van der Waals surface area (Å²) in [6, 6.07) is 8.32. The van der Waals surface area contributed by atoms with E-state index in [1.807, 2.05) is 12.1 Å². The second kappa shape index (κ2) is 4.40. The molecule has 1 aromatic heterocycles. The van der Waals surface area contributed by atoms with Crippen LogP contribution in [0.25, 0.3) is 11.3 Å². The van der Waals surface area contributed by atoms with Crippen molar-refractivity contribution in [2.75, 3.05) is 5.73 Å². The van der Waals surface area contributed by atoms with Gasteiger partial charge in [-0.3, -0.25) is 0 Å². The van der Waals surface area contributed by atoms with Crippen molar-refractivity contribution in [3.05, 3.63) is 29.8 Å². The molecule has 15 heavy (non-hydrogen) atoms. The van der Waals surface area contributed by atoms with Gasteiger partial charge in [-0.15, -0.1) is 0 Å². The lowest BCUT2D eigenvalue weighted by Gasteiger charge is -2.01. The van der Waals surface area contributed by atoms with E-state index in [4.69, 9.17) is 5.73 Å². The van der Waals surface area contributed by atoms with Crippen molar-refractivity contribution in [1.29, 1.82) is 0 Å². The number of rotatable bonds is 3. The molecule has 2 N–H and O–H groups in total. The summed E-state index contributed by atoms with van der Waals surface area (Å²) in [4.78, 5) is 0. The Morgan fingerprint density at radius 1 is 1.33 bits per heavy atom. The zero-order chi connectivity index (χ0) is 10.7. The van der Waals surface area contributed by atoms with Gasteiger partial charge in [-0.25, -0.2) is 0 Å². The predicted octanol–water partition coefficient (Wildman–Crippen LogP) is 2.74. The van der Waals surface area contributed by atoms with E-state index in [1.165, 1.54) is 5.56 Å². The molecule has 0 radical (unpaired) electrons. The highest BCUT2D eigenvalue weighted by molar-refractivity contribution is 6.99. The highest BCUT2D eigenvalue weighted by Crippen LogP contribution is 2.24. The zero-order valence-electron chi connectivity index (χ0n) is 8.60. The van der Waals surface area contributed by atoms with Gasteiger partial charge in [-0.05, 0) is 18.1 Å². The van der Waals surface area contributed by atoms with Crippen LogP contribution < -0.4 is 5.73 Å². The van der Waals surface area contributed by atoms with Crippen LogP contribution in [0.3, 0.4) is 0 Å². The van der Waals surface area contributed by atoms with Crippen LogP contribution in [-0.2, 0) is 6.42 Å². The summed E-state index contributed by atoms with van der Waals surface area (Å²) in [5, 5.41) is 0. The molecule has 1 aromatic carbocycles. The van der Waals surface area contributed by atoms with E-state index >= 15 is 0 Å². The summed E-state index contributed by atoms with van der Waals surface area (Å²) < 4.78 is 8.17. The van der Waals surface area contributed by atoms with Crippen molar-refractivity contribution >= 4 is 17.5 Å². The van der Waals surface area contributed by atoms with Gasteiger partial charge in [0, 0.05) is 5.56 Å². The van der Waals surface area contributed by atoms with E-state index in [0.29, 0.717) is 5.82 Å². The van der Waals surface area contributed by atoms with E-state index in [-0.39, 0.29) is 0 Å². The van der Waals surface area contributed by atoms with Gasteiger partial charge in [0.15, 0.2) is 5.82 Å². The van der Waals surface area contributed by atoms with Crippen molar-refractivity contribution in [3.8, 4) is 11.3 Å². The number of anilines is 1. The van der Waals surface area contributed by atoms with Gasteiger partial charge in [0.25, 0.3) is 0 Å². The molecule has 0 bridgehead atoms. The molecule has 0 saturated heterocycles. The highest BCUT2D eigenvalue weighted by atomic mass is 32.1. The third-order valence-electron chi connectivity index (χ3n) is 2.25. The largest absolute Gasteiger partial charge is 0.381 e. The molecule has 1 heterocycles. The number of nitrogen functional groups attached to an aromatic ring is 1. The molecule has 0 atom stereocenters. The average Bonchev–Trinajstić information content (AvgIpc) is 2.65. The number of benzene rings is 1. The number of hydrogen-bond donors (Lipinski definition) is 1. The number of aromatic nitrogens is 2. The first-order valence-electron chi connectivity index (χ1n) is 4.98. The molecular weight excluding hydrogens is 206 g/mol. The molecule has 3 nitrogen and oxygen atoms in total. The van der Waals surface area contributed by atoms with Crippen molar-refractivity contribution < 1.29 is 0 Å². The Morgan fingerprint density at radius 2 is 2.20 bits per heavy atom. The van der Waals surface area contributed by atoms with Crippen molar-refractivity contribution in [2.24, 2.45) is 0 Å². The second-order valence-corrected chi connectivity index (χ2v) is 3.98. The second-order valence-electron chi connectivity index (χ2n) is 3.45. The Bertz CT molecular complexity index is 451. The molecule has 0 spiro atoms. The summed E-state index contributed by atoms with van der Waals surface area (Å²) in [5.41, 5.74) is 8.92. The molecule has 0 amide bonds. The van der Waals surface area contributed by atoms with Crippen LogP contribution in [0.2, 0.25) is 0 Å². The molecule has 0 aliphatic carbocycles. The number of nitrogens with zero attached hydrogens (tertiary/aromatic N) is 2. The topological polar surface area (TPSA) is 51.8 Å². The SMILES string of the molecule is CCCc1cccc(-c2nsnc2N)c1. The number of nitrogens with two attached hydrogens (primary N) is 1. The smallest absolute Gasteiger partial charge is 0.165 e. The van der Waals surface area contributed by atoms with Gasteiger partial charge in [0.2, 0.25) is 0 Å². The minimum Gasteiger partial charge on any atom is -0.381 e. The minimum atomic E-state index is 0.522. The maximum atomic E-state index is 5.73. The average molecular weight is 219 g/mol. The molecule has 0 aliphatic heterocycles. The van der Waals surface area contributed by atoms with Crippen molar-refractivity contribution in [2.45, 2.75) is 19.8 Å². The number of aryl methyl sites for hydroxylation is 1. The van der Waals surface area contributed by atoms with Crippen LogP contribution in [0.15, 0.2) is 24.3 Å². The minimum absolute atomic E-state index is 0.522. The van der Waals surface area contributed by atoms with Gasteiger partial charge in [-0.1, -0.05) is 31.5 Å². The van der Waals surface area contributed by atoms with Crippen LogP contribution in [0, 0.1) is 0 Å². The molecule has 0 unspecified atom stereocenters. The highest BCUT2D eigenvalue weighted by Gasteiger charge is 2.07. The lowest BCUT2D eigenvalue weighted by molar-refractivity contribution is 0.922. The van der Waals surface area contributed by atoms with Crippen molar-refractivity contribution in [3.63, 3.8) is 0 Å². The molecule has 2 rings (SSSR count). The normalized spacial score (nSPS) is 10.5. The predicted molar refractivity (Wildman–Crippen MR) is 63.8 cm³/mol. The summed E-state index contributed by atoms with van der Waals surface area (Å²) in [7, 11) is 0. The fraction of sp³-hybridized carbons (Fsp3) is 0.273. The van der Waals surface area contributed by atoms with E-state index in [1.54, 1.807) is 0 Å². The Labute approximate surface area is 93.3 Å². The fourth-order valence-corrected chi connectivity index (χ4v) is 2.05. The summed E-state index contributed by atoms with van der Waals surface area (Å²) in [5.74, 6) is 0.522. The van der Waals surface area contributed by atoms with Crippen LogP contribution >= 0.6 is 11.7 Å². The summed E-state index contributed by atoms with van der Waals surface area (Å²) in [6.07, 6.45) is 2.24. The molecule has 2 aromatic rings. The third-order valence-corrected chi connectivity index (χ3v) is 2.80. The molecule has 0 saturated carbocycles. The lowest BCUT2D eigenvalue weighted by Crippen LogP contribution is -1.90. The standard InChI is InChI=1S/C11H13N3S/c1-2-4-8-5-3-6-9(7-8)10-11(12)14-15-13-10/h3,5-7H,2,4H2,1H3,(H2,12,14). The van der Waals surface area contributed by atoms with Crippen LogP contribution in [-0.4, -0.2) is 8.75 Å². The first-order chi connectivity index (χ1) is 7.31. The van der Waals surface area contributed by atoms with Gasteiger partial charge in [0.05, 0.1) is 11.7 Å². The Kier molecular flexibility index (Phi) is 2.97. The lowest BCUT2D eigenvalue weighted by atomic mass is 10.1. The molecule has 78 valence electrons. The molecule has 4 heteroatoms. The van der Waals surface area contributed by atoms with Crippen molar-refractivity contribution in [1.82, 2.24) is 8.75 Å². The summed E-state index contributed by atoms with van der Waals surface area (Å²) >= 11 is 1.16. The first-order valence-corrected chi connectivity index (χ1v) is 5.71. The van der Waals surface area contributed by atoms with Gasteiger partial charge < -0.3 is 5.73 Å².